The number of esters is 2. The number of hydrogen-bond acceptors (Lipinski definition) is 7. The Morgan fingerprint density at radius 1 is 0.871 bits per heavy atom. The number of halogens is 2. The summed E-state index contributed by atoms with van der Waals surface area (Å²) in [5.41, 5.74) is 0.282. The van der Waals surface area contributed by atoms with Gasteiger partial charge in [0.15, 0.2) is 11.5 Å². The van der Waals surface area contributed by atoms with Gasteiger partial charge in [0.25, 0.3) is 5.91 Å². The Hall–Kier alpha value is -3.69. The van der Waals surface area contributed by atoms with E-state index >= 15 is 0 Å². The van der Waals surface area contributed by atoms with Crippen molar-refractivity contribution in [2.45, 2.75) is 20.5 Å². The molecule has 0 spiro atoms. The molecule has 0 aliphatic heterocycles. The SMILES string of the molecule is CCOC(=O)c1cc(NC(=O)c2ccc(OC(F)F)c(OC)c2)cc(C(=O)OCC)c1. The van der Waals surface area contributed by atoms with Crippen molar-refractivity contribution in [2.24, 2.45) is 0 Å². The molecule has 0 atom stereocenters. The third-order valence-corrected chi connectivity index (χ3v) is 3.86. The zero-order chi connectivity index (χ0) is 23.0. The van der Waals surface area contributed by atoms with Gasteiger partial charge >= 0.3 is 18.6 Å². The van der Waals surface area contributed by atoms with Gasteiger partial charge in [0.2, 0.25) is 0 Å². The van der Waals surface area contributed by atoms with Crippen LogP contribution in [0.5, 0.6) is 11.5 Å². The quantitative estimate of drug-likeness (QED) is 0.594. The van der Waals surface area contributed by atoms with Crippen LogP contribution in [0.25, 0.3) is 0 Å². The first kappa shape index (κ1) is 23.6. The first-order valence-electron chi connectivity index (χ1n) is 9.22. The average molecular weight is 437 g/mol. The van der Waals surface area contributed by atoms with E-state index in [0.29, 0.717) is 0 Å². The smallest absolute Gasteiger partial charge is 0.387 e. The fraction of sp³-hybridized carbons (Fsp3) is 0.286. The molecule has 2 aromatic carbocycles. The number of carbonyl (C=O) groups is 3. The van der Waals surface area contributed by atoms with Crippen LogP contribution in [0.2, 0.25) is 0 Å². The maximum atomic E-state index is 12.6. The van der Waals surface area contributed by atoms with Crippen LogP contribution < -0.4 is 14.8 Å². The number of anilines is 1. The second-order valence-corrected chi connectivity index (χ2v) is 5.94. The van der Waals surface area contributed by atoms with E-state index in [-0.39, 0.29) is 47.1 Å². The summed E-state index contributed by atoms with van der Waals surface area (Å²) in [6, 6.07) is 7.61. The van der Waals surface area contributed by atoms with E-state index in [1.54, 1.807) is 13.8 Å². The molecule has 1 N–H and O–H groups in total. The Kier molecular flexibility index (Phi) is 8.30. The molecule has 8 nitrogen and oxygen atoms in total. The van der Waals surface area contributed by atoms with Crippen molar-refractivity contribution in [3.63, 3.8) is 0 Å². The Morgan fingerprint density at radius 2 is 1.45 bits per heavy atom. The average Bonchev–Trinajstić information content (AvgIpc) is 2.73. The highest BCUT2D eigenvalue weighted by Crippen LogP contribution is 2.30. The van der Waals surface area contributed by atoms with Crippen LogP contribution in [-0.4, -0.2) is 44.8 Å². The van der Waals surface area contributed by atoms with Crippen molar-refractivity contribution >= 4 is 23.5 Å². The minimum Gasteiger partial charge on any atom is -0.493 e. The highest BCUT2D eigenvalue weighted by atomic mass is 19.3. The molecule has 0 saturated carbocycles. The van der Waals surface area contributed by atoms with Crippen LogP contribution in [0.3, 0.4) is 0 Å². The van der Waals surface area contributed by atoms with Crippen LogP contribution in [0.15, 0.2) is 36.4 Å². The van der Waals surface area contributed by atoms with Crippen LogP contribution in [0, 0.1) is 0 Å². The van der Waals surface area contributed by atoms with Gasteiger partial charge in [-0.1, -0.05) is 0 Å². The molecule has 1 amide bonds. The highest BCUT2D eigenvalue weighted by Gasteiger charge is 2.18. The summed E-state index contributed by atoms with van der Waals surface area (Å²) in [7, 11) is 1.24. The van der Waals surface area contributed by atoms with Crippen molar-refractivity contribution in [1.29, 1.82) is 0 Å². The van der Waals surface area contributed by atoms with E-state index in [9.17, 15) is 23.2 Å². The lowest BCUT2D eigenvalue weighted by atomic mass is 10.1. The van der Waals surface area contributed by atoms with Gasteiger partial charge in [-0.05, 0) is 50.2 Å². The monoisotopic (exact) mass is 437 g/mol. The summed E-state index contributed by atoms with van der Waals surface area (Å²) in [6.07, 6.45) is 0. The molecule has 0 aliphatic carbocycles. The van der Waals surface area contributed by atoms with Crippen molar-refractivity contribution in [2.75, 3.05) is 25.6 Å². The summed E-state index contributed by atoms with van der Waals surface area (Å²) in [4.78, 5) is 36.9. The Morgan fingerprint density at radius 3 is 1.94 bits per heavy atom. The van der Waals surface area contributed by atoms with Gasteiger partial charge in [-0.3, -0.25) is 4.79 Å². The second kappa shape index (κ2) is 10.9. The minimum absolute atomic E-state index is 0.0426. The lowest BCUT2D eigenvalue weighted by Gasteiger charge is -2.13. The van der Waals surface area contributed by atoms with Gasteiger partial charge in [-0.25, -0.2) is 9.59 Å². The second-order valence-electron chi connectivity index (χ2n) is 5.94. The highest BCUT2D eigenvalue weighted by molar-refractivity contribution is 6.06. The number of benzene rings is 2. The first-order chi connectivity index (χ1) is 14.8. The standard InChI is InChI=1S/C21H21F2NO7/c1-4-29-19(26)13-8-14(20(27)30-5-2)10-15(9-13)24-18(25)12-6-7-16(31-21(22)23)17(11-12)28-3/h6-11,21H,4-5H2,1-3H3,(H,24,25). The van der Waals surface area contributed by atoms with E-state index < -0.39 is 24.5 Å². The summed E-state index contributed by atoms with van der Waals surface area (Å²) < 4.78 is 44.1. The van der Waals surface area contributed by atoms with Crippen LogP contribution in [0.4, 0.5) is 14.5 Å². The van der Waals surface area contributed by atoms with Gasteiger partial charge in [0.05, 0.1) is 31.5 Å². The van der Waals surface area contributed by atoms with Crippen molar-refractivity contribution in [3.8, 4) is 11.5 Å². The fourth-order valence-corrected chi connectivity index (χ4v) is 2.57. The molecule has 31 heavy (non-hydrogen) atoms. The zero-order valence-corrected chi connectivity index (χ0v) is 17.1. The van der Waals surface area contributed by atoms with Crippen LogP contribution >= 0.6 is 0 Å². The molecule has 0 bridgehead atoms. The van der Waals surface area contributed by atoms with Gasteiger partial charge < -0.3 is 24.3 Å². The number of rotatable bonds is 9. The molecule has 166 valence electrons. The topological polar surface area (TPSA) is 100 Å². The lowest BCUT2D eigenvalue weighted by molar-refractivity contribution is -0.0512. The number of carbonyl (C=O) groups excluding carboxylic acids is 3. The predicted octanol–water partition coefficient (Wildman–Crippen LogP) is 3.90. The van der Waals surface area contributed by atoms with Gasteiger partial charge in [-0.15, -0.1) is 0 Å². The van der Waals surface area contributed by atoms with Crippen LogP contribution in [0.1, 0.15) is 44.9 Å². The third kappa shape index (κ3) is 6.39. The maximum Gasteiger partial charge on any atom is 0.387 e. The molecule has 0 unspecified atom stereocenters. The Labute approximate surface area is 177 Å². The van der Waals surface area contributed by atoms with Crippen molar-refractivity contribution in [1.82, 2.24) is 0 Å². The number of methoxy groups -OCH3 is 1. The van der Waals surface area contributed by atoms with E-state index in [1.165, 1.54) is 43.5 Å². The molecule has 2 aromatic rings. The Balaban J connectivity index is 2.34. The number of ether oxygens (including phenoxy) is 4. The number of amides is 1. The third-order valence-electron chi connectivity index (χ3n) is 3.86. The maximum absolute atomic E-state index is 12.6. The minimum atomic E-state index is -3.06. The molecule has 0 heterocycles. The van der Waals surface area contributed by atoms with E-state index in [1.807, 2.05) is 0 Å². The van der Waals surface area contributed by atoms with Crippen molar-refractivity contribution in [3.05, 3.63) is 53.1 Å². The predicted molar refractivity (Wildman–Crippen MR) is 106 cm³/mol. The molecule has 10 heteroatoms. The summed E-state index contributed by atoms with van der Waals surface area (Å²) >= 11 is 0. The first-order valence-corrected chi connectivity index (χ1v) is 9.22. The Bertz CT molecular complexity index is 926. The molecule has 0 aromatic heterocycles. The van der Waals surface area contributed by atoms with Gasteiger partial charge in [0.1, 0.15) is 0 Å². The lowest BCUT2D eigenvalue weighted by Crippen LogP contribution is -2.15. The number of alkyl halides is 2. The largest absolute Gasteiger partial charge is 0.493 e. The summed E-state index contributed by atoms with van der Waals surface area (Å²) in [6.45, 7) is 0.448. The molecular weight excluding hydrogens is 416 g/mol. The number of hydrogen-bond donors (Lipinski definition) is 1. The molecule has 0 aliphatic rings. The zero-order valence-electron chi connectivity index (χ0n) is 17.1. The van der Waals surface area contributed by atoms with Crippen molar-refractivity contribution < 1.29 is 42.1 Å². The number of nitrogens with one attached hydrogen (secondary N) is 1. The molecule has 0 radical (unpaired) electrons. The van der Waals surface area contributed by atoms with E-state index in [4.69, 9.17) is 14.2 Å². The molecule has 2 rings (SSSR count). The summed E-state index contributed by atoms with van der Waals surface area (Å²) in [5.74, 6) is -2.31. The normalized spacial score (nSPS) is 10.4. The van der Waals surface area contributed by atoms with Gasteiger partial charge in [-0.2, -0.15) is 8.78 Å². The summed E-state index contributed by atoms with van der Waals surface area (Å²) in [5, 5.41) is 2.55. The fourth-order valence-electron chi connectivity index (χ4n) is 2.57. The molecule has 0 fully saturated rings. The van der Waals surface area contributed by atoms with Crippen LogP contribution in [-0.2, 0) is 9.47 Å². The van der Waals surface area contributed by atoms with E-state index in [0.717, 1.165) is 0 Å². The van der Waals surface area contributed by atoms with E-state index in [2.05, 4.69) is 10.1 Å². The molecular formula is C21H21F2NO7. The molecule has 0 saturated heterocycles. The van der Waals surface area contributed by atoms with Gasteiger partial charge in [0, 0.05) is 11.3 Å².